The zero-order valence-electron chi connectivity index (χ0n) is 7.59. The molecule has 0 amide bonds. The van der Waals surface area contributed by atoms with Crippen molar-refractivity contribution < 1.29 is 0 Å². The second-order valence-corrected chi connectivity index (χ2v) is 3.89. The van der Waals surface area contributed by atoms with Crippen LogP contribution in [0.1, 0.15) is 6.42 Å². The van der Waals surface area contributed by atoms with Gasteiger partial charge in [0.2, 0.25) is 0 Å². The first kappa shape index (κ1) is 7.54. The van der Waals surface area contributed by atoms with Crippen LogP contribution in [-0.2, 0) is 0 Å². The van der Waals surface area contributed by atoms with Gasteiger partial charge in [0.05, 0.1) is 6.04 Å². The molecular weight excluding hydrogens is 160 g/mol. The lowest BCUT2D eigenvalue weighted by Gasteiger charge is -2.22. The Labute approximate surface area is 78.4 Å². The molecule has 0 spiro atoms. The average molecular weight is 174 g/mol. The maximum Gasteiger partial charge on any atom is 0.0514 e. The van der Waals surface area contributed by atoms with Gasteiger partial charge in [-0.3, -0.25) is 0 Å². The molecular formula is C11H14N2. The van der Waals surface area contributed by atoms with Crippen LogP contribution in [0, 0.1) is 0 Å². The maximum absolute atomic E-state index is 3.64. The molecule has 13 heavy (non-hydrogen) atoms. The van der Waals surface area contributed by atoms with Gasteiger partial charge in [-0.25, -0.2) is 0 Å². The van der Waals surface area contributed by atoms with Crippen molar-refractivity contribution in [1.29, 1.82) is 0 Å². The summed E-state index contributed by atoms with van der Waals surface area (Å²) in [6.07, 6.45) is 10.0. The molecule has 0 aromatic rings. The van der Waals surface area contributed by atoms with E-state index in [0.29, 0.717) is 12.1 Å². The standard InChI is InChI=1S/C11H14N2/c1-2-4-10-8(3-1)9-7-12-6-5-11(9)13-10/h1-4,10-13H,5-7H2/t10-,11+/m1/s1. The van der Waals surface area contributed by atoms with Gasteiger partial charge < -0.3 is 10.6 Å². The number of fused-ring (bicyclic) bond motifs is 2. The lowest BCUT2D eigenvalue weighted by Crippen LogP contribution is -2.39. The summed E-state index contributed by atoms with van der Waals surface area (Å²) in [6, 6.07) is 1.12. The summed E-state index contributed by atoms with van der Waals surface area (Å²) in [6.45, 7) is 2.22. The zero-order chi connectivity index (χ0) is 8.67. The van der Waals surface area contributed by atoms with E-state index in [1.54, 1.807) is 5.57 Å². The first-order chi connectivity index (χ1) is 6.45. The molecule has 0 bridgehead atoms. The van der Waals surface area contributed by atoms with Crippen molar-refractivity contribution in [1.82, 2.24) is 10.6 Å². The normalized spacial score (nSPS) is 36.3. The summed E-state index contributed by atoms with van der Waals surface area (Å²) < 4.78 is 0. The molecule has 2 aliphatic heterocycles. The molecule has 2 N–H and O–H groups in total. The van der Waals surface area contributed by atoms with Crippen LogP contribution in [0.2, 0.25) is 0 Å². The zero-order valence-corrected chi connectivity index (χ0v) is 7.59. The minimum atomic E-state index is 0.491. The van der Waals surface area contributed by atoms with Crippen molar-refractivity contribution in [2.45, 2.75) is 18.5 Å². The monoisotopic (exact) mass is 174 g/mol. The third kappa shape index (κ3) is 1.10. The van der Waals surface area contributed by atoms with E-state index in [-0.39, 0.29) is 0 Å². The molecule has 0 saturated carbocycles. The quantitative estimate of drug-likeness (QED) is 0.566. The third-order valence-electron chi connectivity index (χ3n) is 3.12. The highest BCUT2D eigenvalue weighted by molar-refractivity contribution is 5.46. The van der Waals surface area contributed by atoms with Crippen LogP contribution in [0.25, 0.3) is 0 Å². The van der Waals surface area contributed by atoms with Gasteiger partial charge in [0.25, 0.3) is 0 Å². The summed E-state index contributed by atoms with van der Waals surface area (Å²) in [5, 5.41) is 7.08. The predicted octanol–water partition coefficient (Wildman–Crippen LogP) is 0.743. The van der Waals surface area contributed by atoms with Gasteiger partial charge in [0.15, 0.2) is 0 Å². The number of hydrogen-bond donors (Lipinski definition) is 2. The highest BCUT2D eigenvalue weighted by Crippen LogP contribution is 2.28. The van der Waals surface area contributed by atoms with Gasteiger partial charge in [-0.2, -0.15) is 0 Å². The molecule has 1 aliphatic carbocycles. The summed E-state index contributed by atoms with van der Waals surface area (Å²) in [4.78, 5) is 0. The Balaban J connectivity index is 2.00. The van der Waals surface area contributed by atoms with Crippen molar-refractivity contribution in [2.75, 3.05) is 13.1 Å². The molecule has 68 valence electrons. The molecule has 1 fully saturated rings. The topological polar surface area (TPSA) is 24.1 Å². The molecule has 2 heterocycles. The molecule has 0 aromatic heterocycles. The first-order valence-electron chi connectivity index (χ1n) is 5.00. The summed E-state index contributed by atoms with van der Waals surface area (Å²) >= 11 is 0. The van der Waals surface area contributed by atoms with Crippen LogP contribution in [0.15, 0.2) is 35.5 Å². The number of piperidine rings is 1. The number of hydrogen-bond acceptors (Lipinski definition) is 2. The van der Waals surface area contributed by atoms with E-state index in [1.165, 1.54) is 12.0 Å². The molecule has 3 rings (SSSR count). The smallest absolute Gasteiger partial charge is 0.0514 e. The number of nitrogens with one attached hydrogen (secondary N) is 2. The molecule has 1 saturated heterocycles. The van der Waals surface area contributed by atoms with Gasteiger partial charge in [-0.15, -0.1) is 0 Å². The van der Waals surface area contributed by atoms with Crippen LogP contribution in [0.4, 0.5) is 0 Å². The summed E-state index contributed by atoms with van der Waals surface area (Å²) in [5.41, 5.74) is 3.08. The van der Waals surface area contributed by atoms with Gasteiger partial charge in [0, 0.05) is 12.6 Å². The Morgan fingerprint density at radius 2 is 2.31 bits per heavy atom. The van der Waals surface area contributed by atoms with E-state index < -0.39 is 0 Å². The predicted molar refractivity (Wildman–Crippen MR) is 53.5 cm³/mol. The largest absolute Gasteiger partial charge is 0.313 e. The summed E-state index contributed by atoms with van der Waals surface area (Å²) in [7, 11) is 0. The van der Waals surface area contributed by atoms with E-state index in [1.807, 2.05) is 0 Å². The number of rotatable bonds is 0. The third-order valence-corrected chi connectivity index (χ3v) is 3.12. The Morgan fingerprint density at radius 3 is 3.31 bits per heavy atom. The Hall–Kier alpha value is -0.860. The first-order valence-corrected chi connectivity index (χ1v) is 5.00. The SMILES string of the molecule is C1=CC2=C3CNCC[C@@H]3N[C@@H]2C=C1. The molecule has 2 atom stereocenters. The minimum Gasteiger partial charge on any atom is -0.313 e. The lowest BCUT2D eigenvalue weighted by molar-refractivity contribution is 0.492. The second kappa shape index (κ2) is 2.82. The maximum atomic E-state index is 3.64. The average Bonchev–Trinajstić information content (AvgIpc) is 2.56. The van der Waals surface area contributed by atoms with E-state index in [2.05, 4.69) is 34.9 Å². The van der Waals surface area contributed by atoms with E-state index in [4.69, 9.17) is 0 Å². The van der Waals surface area contributed by atoms with Crippen LogP contribution in [-0.4, -0.2) is 25.2 Å². The van der Waals surface area contributed by atoms with Crippen molar-refractivity contribution >= 4 is 0 Å². The van der Waals surface area contributed by atoms with Crippen molar-refractivity contribution in [3.63, 3.8) is 0 Å². The lowest BCUT2D eigenvalue weighted by atomic mass is 9.96. The fourth-order valence-corrected chi connectivity index (χ4v) is 2.46. The molecule has 3 aliphatic rings. The highest BCUT2D eigenvalue weighted by atomic mass is 15.0. The number of allylic oxidation sites excluding steroid dienone is 2. The Morgan fingerprint density at radius 1 is 1.31 bits per heavy atom. The minimum absolute atomic E-state index is 0.491. The highest BCUT2D eigenvalue weighted by Gasteiger charge is 2.31. The molecule has 0 radical (unpaired) electrons. The molecule has 2 heteroatoms. The molecule has 2 nitrogen and oxygen atoms in total. The Kier molecular flexibility index (Phi) is 1.64. The van der Waals surface area contributed by atoms with Crippen LogP contribution >= 0.6 is 0 Å². The van der Waals surface area contributed by atoms with Crippen molar-refractivity contribution in [2.24, 2.45) is 0 Å². The van der Waals surface area contributed by atoms with Crippen LogP contribution < -0.4 is 10.6 Å². The molecule has 0 unspecified atom stereocenters. The van der Waals surface area contributed by atoms with Crippen molar-refractivity contribution in [3.05, 3.63) is 35.5 Å². The Bertz CT molecular complexity index is 312. The van der Waals surface area contributed by atoms with Gasteiger partial charge in [0.1, 0.15) is 0 Å². The summed E-state index contributed by atoms with van der Waals surface area (Å²) in [5.74, 6) is 0. The van der Waals surface area contributed by atoms with Gasteiger partial charge >= 0.3 is 0 Å². The fraction of sp³-hybridized carbons (Fsp3) is 0.455. The van der Waals surface area contributed by atoms with Gasteiger partial charge in [-0.05, 0) is 24.1 Å². The fourth-order valence-electron chi connectivity index (χ4n) is 2.46. The van der Waals surface area contributed by atoms with Crippen molar-refractivity contribution in [3.8, 4) is 0 Å². The molecule has 0 aromatic carbocycles. The van der Waals surface area contributed by atoms with E-state index >= 15 is 0 Å². The van der Waals surface area contributed by atoms with Gasteiger partial charge in [-0.1, -0.05) is 24.3 Å². The second-order valence-electron chi connectivity index (χ2n) is 3.89. The van der Waals surface area contributed by atoms with E-state index in [0.717, 1.165) is 13.1 Å². The van der Waals surface area contributed by atoms with E-state index in [9.17, 15) is 0 Å². The van der Waals surface area contributed by atoms with Crippen LogP contribution in [0.3, 0.4) is 0 Å². The van der Waals surface area contributed by atoms with Crippen LogP contribution in [0.5, 0.6) is 0 Å².